The molecule has 5 nitrogen and oxygen atoms in total. The fraction of sp³-hybridized carbons (Fsp3) is 0.621. The minimum atomic E-state index is -4.44. The molecule has 2 fully saturated rings. The van der Waals surface area contributed by atoms with E-state index in [0.717, 1.165) is 57.1 Å². The zero-order valence-electron chi connectivity index (χ0n) is 21.3. The quantitative estimate of drug-likeness (QED) is 0.289. The number of allylic oxidation sites excluding steroid dienone is 3. The van der Waals surface area contributed by atoms with Crippen molar-refractivity contribution in [1.82, 2.24) is 0 Å². The smallest absolute Gasteiger partial charge is 0.416 e. The largest absolute Gasteiger partial charge is 0.491 e. The zero-order valence-corrected chi connectivity index (χ0v) is 21.3. The number of alkyl halides is 3. The van der Waals surface area contributed by atoms with E-state index in [0.29, 0.717) is 18.9 Å². The van der Waals surface area contributed by atoms with Crippen LogP contribution in [0.3, 0.4) is 0 Å². The van der Waals surface area contributed by atoms with Gasteiger partial charge in [0, 0.05) is 18.9 Å². The highest BCUT2D eigenvalue weighted by Crippen LogP contribution is 2.42. The Morgan fingerprint density at radius 2 is 2.05 bits per heavy atom. The minimum Gasteiger partial charge on any atom is -0.491 e. The molecule has 2 aliphatic heterocycles. The summed E-state index contributed by atoms with van der Waals surface area (Å²) in [4.78, 5) is 12.3. The summed E-state index contributed by atoms with van der Waals surface area (Å²) in [7, 11) is 0. The maximum atomic E-state index is 13.1. The summed E-state index contributed by atoms with van der Waals surface area (Å²) in [5.74, 6) is 0.658. The van der Waals surface area contributed by atoms with Crippen molar-refractivity contribution in [2.75, 3.05) is 13.2 Å². The first-order chi connectivity index (χ1) is 17.8. The average Bonchev–Trinajstić information content (AvgIpc) is 3.16. The van der Waals surface area contributed by atoms with Crippen LogP contribution in [0.15, 0.2) is 48.6 Å². The van der Waals surface area contributed by atoms with Crippen LogP contribution in [0.4, 0.5) is 13.2 Å². The van der Waals surface area contributed by atoms with Crippen LogP contribution in [0.25, 0.3) is 0 Å². The van der Waals surface area contributed by atoms with Crippen LogP contribution in [0.5, 0.6) is 5.75 Å². The highest BCUT2D eigenvalue weighted by Gasteiger charge is 2.41. The lowest BCUT2D eigenvalue weighted by atomic mass is 9.86. The van der Waals surface area contributed by atoms with Crippen LogP contribution >= 0.6 is 0 Å². The van der Waals surface area contributed by atoms with Crippen molar-refractivity contribution in [2.24, 2.45) is 17.8 Å². The molecule has 0 aromatic heterocycles. The SMILES string of the molecule is C[C@@H]1C[C@@H]2OC(=O)CCC/C=C\C[C@@H]2[C@H]1/C=C/[C@H](COc1cccc(C(F)(F)F)c1)OC1CCCCO1. The second-order valence-electron chi connectivity index (χ2n) is 10.3. The number of rotatable bonds is 7. The van der Waals surface area contributed by atoms with Crippen molar-refractivity contribution >= 4 is 5.97 Å². The number of ether oxygens (including phenoxy) is 4. The van der Waals surface area contributed by atoms with E-state index in [1.54, 1.807) is 0 Å². The van der Waals surface area contributed by atoms with Gasteiger partial charge in [0.05, 0.1) is 5.56 Å². The number of carbonyl (C=O) groups excluding carboxylic acids is 1. The lowest BCUT2D eigenvalue weighted by molar-refractivity contribution is -0.182. The van der Waals surface area contributed by atoms with Crippen molar-refractivity contribution < 1.29 is 36.9 Å². The summed E-state index contributed by atoms with van der Waals surface area (Å²) in [6.45, 7) is 2.84. The van der Waals surface area contributed by atoms with E-state index in [-0.39, 0.29) is 42.6 Å². The van der Waals surface area contributed by atoms with E-state index >= 15 is 0 Å². The van der Waals surface area contributed by atoms with Crippen molar-refractivity contribution in [3.63, 3.8) is 0 Å². The molecule has 4 rings (SSSR count). The first-order valence-corrected chi connectivity index (χ1v) is 13.4. The van der Waals surface area contributed by atoms with Crippen LogP contribution in [0.1, 0.15) is 63.9 Å². The molecule has 0 bridgehead atoms. The van der Waals surface area contributed by atoms with Gasteiger partial charge in [0.1, 0.15) is 24.6 Å². The third-order valence-corrected chi connectivity index (χ3v) is 7.43. The van der Waals surface area contributed by atoms with Gasteiger partial charge in [-0.15, -0.1) is 0 Å². The summed E-state index contributed by atoms with van der Waals surface area (Å²) in [5, 5.41) is 0. The molecule has 0 radical (unpaired) electrons. The van der Waals surface area contributed by atoms with Crippen molar-refractivity contribution in [1.29, 1.82) is 0 Å². The molecule has 1 aliphatic carbocycles. The Labute approximate surface area is 217 Å². The molecule has 0 N–H and O–H groups in total. The molecular weight excluding hydrogens is 485 g/mol. The summed E-state index contributed by atoms with van der Waals surface area (Å²) in [6, 6.07) is 4.87. The predicted octanol–water partition coefficient (Wildman–Crippen LogP) is 6.87. The Hall–Kier alpha value is -2.32. The molecule has 6 atom stereocenters. The van der Waals surface area contributed by atoms with Crippen LogP contribution in [-0.2, 0) is 25.2 Å². The Bertz CT molecular complexity index is 938. The molecule has 204 valence electrons. The van der Waals surface area contributed by atoms with E-state index < -0.39 is 17.8 Å². The van der Waals surface area contributed by atoms with Gasteiger partial charge in [0.25, 0.3) is 0 Å². The van der Waals surface area contributed by atoms with Gasteiger partial charge in [-0.2, -0.15) is 13.2 Å². The molecule has 1 unspecified atom stereocenters. The highest BCUT2D eigenvalue weighted by atomic mass is 19.4. The Morgan fingerprint density at radius 3 is 2.84 bits per heavy atom. The van der Waals surface area contributed by atoms with E-state index in [1.807, 2.05) is 6.08 Å². The van der Waals surface area contributed by atoms with Crippen molar-refractivity contribution in [3.05, 3.63) is 54.1 Å². The third kappa shape index (κ3) is 8.08. The topological polar surface area (TPSA) is 54.0 Å². The molecule has 0 spiro atoms. The number of hydrogen-bond acceptors (Lipinski definition) is 5. The van der Waals surface area contributed by atoms with Gasteiger partial charge in [-0.3, -0.25) is 4.79 Å². The Kier molecular flexibility index (Phi) is 9.71. The van der Waals surface area contributed by atoms with Crippen molar-refractivity contribution in [2.45, 2.75) is 83.0 Å². The predicted molar refractivity (Wildman–Crippen MR) is 133 cm³/mol. The Morgan fingerprint density at radius 1 is 1.19 bits per heavy atom. The van der Waals surface area contributed by atoms with Crippen LogP contribution in [0, 0.1) is 17.8 Å². The van der Waals surface area contributed by atoms with Gasteiger partial charge in [-0.25, -0.2) is 0 Å². The Balaban J connectivity index is 1.47. The van der Waals surface area contributed by atoms with E-state index in [1.165, 1.54) is 12.1 Å². The van der Waals surface area contributed by atoms with Gasteiger partial charge in [0.2, 0.25) is 0 Å². The third-order valence-electron chi connectivity index (χ3n) is 7.43. The molecule has 2 heterocycles. The minimum absolute atomic E-state index is 0.0573. The maximum absolute atomic E-state index is 13.1. The lowest BCUT2D eigenvalue weighted by Crippen LogP contribution is -2.31. The second kappa shape index (κ2) is 13.0. The average molecular weight is 523 g/mol. The molecule has 1 saturated heterocycles. The zero-order chi connectivity index (χ0) is 26.3. The number of hydrogen-bond donors (Lipinski definition) is 0. The molecule has 1 aromatic rings. The molecule has 1 aromatic carbocycles. The highest BCUT2D eigenvalue weighted by molar-refractivity contribution is 5.69. The molecule has 8 heteroatoms. The van der Waals surface area contributed by atoms with Crippen molar-refractivity contribution in [3.8, 4) is 5.75 Å². The van der Waals surface area contributed by atoms with Gasteiger partial charge in [-0.1, -0.05) is 37.3 Å². The second-order valence-corrected chi connectivity index (χ2v) is 10.3. The first-order valence-electron chi connectivity index (χ1n) is 13.4. The van der Waals surface area contributed by atoms with Crippen LogP contribution in [0.2, 0.25) is 0 Å². The summed E-state index contributed by atoms with van der Waals surface area (Å²) < 4.78 is 62.9. The van der Waals surface area contributed by atoms with Gasteiger partial charge >= 0.3 is 12.1 Å². The van der Waals surface area contributed by atoms with Gasteiger partial charge < -0.3 is 18.9 Å². The standard InChI is InChI=1S/C29H37F3O5/c1-20-17-26-25(11-4-2-3-5-12-27(33)37-26)24(20)15-14-23(36-28-13-6-7-16-34-28)19-35-22-10-8-9-21(18-22)29(30,31)32/h2,4,8-10,14-15,18,20,23-26,28H,3,5-7,11-13,16-17,19H2,1H3/b4-2-,15-14+/t20-,23-,24+,25-,26+,28?/m1/s1. The number of halogens is 3. The summed E-state index contributed by atoms with van der Waals surface area (Å²) in [5.41, 5.74) is -0.752. The summed E-state index contributed by atoms with van der Waals surface area (Å²) >= 11 is 0. The number of carbonyl (C=O) groups is 1. The lowest BCUT2D eigenvalue weighted by Gasteiger charge is -2.27. The summed E-state index contributed by atoms with van der Waals surface area (Å²) in [6.07, 6.45) is 9.45. The number of esters is 1. The first kappa shape index (κ1) is 27.7. The molecule has 1 saturated carbocycles. The van der Waals surface area contributed by atoms with E-state index in [4.69, 9.17) is 18.9 Å². The van der Waals surface area contributed by atoms with Gasteiger partial charge in [-0.05, 0) is 75.0 Å². The molecular formula is C29H37F3O5. The monoisotopic (exact) mass is 522 g/mol. The van der Waals surface area contributed by atoms with Crippen LogP contribution < -0.4 is 4.74 Å². The van der Waals surface area contributed by atoms with Crippen LogP contribution in [-0.4, -0.2) is 37.7 Å². The van der Waals surface area contributed by atoms with Gasteiger partial charge in [0.15, 0.2) is 6.29 Å². The van der Waals surface area contributed by atoms with E-state index in [2.05, 4.69) is 25.2 Å². The molecule has 0 amide bonds. The maximum Gasteiger partial charge on any atom is 0.416 e. The molecule has 37 heavy (non-hydrogen) atoms. The number of fused-ring (bicyclic) bond motifs is 1. The van der Waals surface area contributed by atoms with E-state index in [9.17, 15) is 18.0 Å². The fourth-order valence-electron chi connectivity index (χ4n) is 5.45. The molecule has 3 aliphatic rings. The number of benzene rings is 1. The normalized spacial score (nSPS) is 30.9. The fourth-order valence-corrected chi connectivity index (χ4v) is 5.45.